The molecule has 2 unspecified atom stereocenters. The number of halogens is 1. The van der Waals surface area contributed by atoms with E-state index in [1.54, 1.807) is 7.11 Å². The van der Waals surface area contributed by atoms with Gasteiger partial charge < -0.3 is 25.6 Å². The standard InChI is InChI=1S/C15H33N5O.HI/c1-5-19-6-8-20(9-7-19)11-13(2)10-17-15(16)18-14(3)12-21-4;/h13-14H,5-12H2,1-4H3,(H3,16,17,18);1H. The topological polar surface area (TPSA) is 66.1 Å². The van der Waals surface area contributed by atoms with Crippen LogP contribution in [0, 0.1) is 5.92 Å². The summed E-state index contributed by atoms with van der Waals surface area (Å²) in [6.45, 7) is 14.9. The van der Waals surface area contributed by atoms with Gasteiger partial charge in [-0.25, -0.2) is 0 Å². The number of likely N-dealkylation sites (N-methyl/N-ethyl adjacent to an activating group) is 1. The van der Waals surface area contributed by atoms with Crippen molar-refractivity contribution < 1.29 is 4.74 Å². The third-order valence-electron chi connectivity index (χ3n) is 3.87. The predicted molar refractivity (Wildman–Crippen MR) is 104 cm³/mol. The highest BCUT2D eigenvalue weighted by atomic mass is 127. The van der Waals surface area contributed by atoms with E-state index in [4.69, 9.17) is 10.5 Å². The van der Waals surface area contributed by atoms with Gasteiger partial charge >= 0.3 is 0 Å². The number of rotatable bonds is 8. The number of ether oxygens (including phenoxy) is 1. The molecule has 1 rings (SSSR count). The van der Waals surface area contributed by atoms with Gasteiger partial charge in [0.2, 0.25) is 0 Å². The average molecular weight is 427 g/mol. The van der Waals surface area contributed by atoms with E-state index in [2.05, 4.69) is 34.0 Å². The van der Waals surface area contributed by atoms with Crippen molar-refractivity contribution in [2.24, 2.45) is 16.6 Å². The average Bonchev–Trinajstić information content (AvgIpc) is 2.46. The lowest BCUT2D eigenvalue weighted by molar-refractivity contribution is 0.125. The second kappa shape index (κ2) is 12.3. The number of aliphatic imine (C=N–C) groups is 1. The van der Waals surface area contributed by atoms with Gasteiger partial charge in [0.25, 0.3) is 0 Å². The van der Waals surface area contributed by atoms with Crippen LogP contribution in [-0.2, 0) is 4.74 Å². The molecule has 6 nitrogen and oxygen atoms in total. The first-order valence-corrected chi connectivity index (χ1v) is 8.05. The molecule has 0 amide bonds. The number of nitrogens with zero attached hydrogens (tertiary/aromatic N) is 3. The van der Waals surface area contributed by atoms with Gasteiger partial charge in [0.15, 0.2) is 5.96 Å². The van der Waals surface area contributed by atoms with Crippen LogP contribution in [0.2, 0.25) is 0 Å². The molecule has 1 saturated heterocycles. The summed E-state index contributed by atoms with van der Waals surface area (Å²) in [4.78, 5) is 9.46. The number of nitrogens with one attached hydrogen (secondary N) is 1. The normalized spacial score (nSPS) is 20.3. The first-order valence-electron chi connectivity index (χ1n) is 8.05. The van der Waals surface area contributed by atoms with E-state index < -0.39 is 0 Å². The second-order valence-electron chi connectivity index (χ2n) is 6.07. The lowest BCUT2D eigenvalue weighted by Crippen LogP contribution is -2.47. The molecule has 7 heteroatoms. The molecule has 0 bridgehead atoms. The molecule has 0 aromatic heterocycles. The smallest absolute Gasteiger partial charge is 0.188 e. The Balaban J connectivity index is 0.00000441. The van der Waals surface area contributed by atoms with Crippen LogP contribution < -0.4 is 11.1 Å². The van der Waals surface area contributed by atoms with Crippen molar-refractivity contribution in [2.75, 3.05) is 59.5 Å². The zero-order chi connectivity index (χ0) is 15.7. The number of methoxy groups -OCH3 is 1. The molecule has 0 radical (unpaired) electrons. The molecule has 1 aliphatic heterocycles. The summed E-state index contributed by atoms with van der Waals surface area (Å²) in [5.41, 5.74) is 5.89. The van der Waals surface area contributed by atoms with E-state index in [-0.39, 0.29) is 30.0 Å². The fraction of sp³-hybridized carbons (Fsp3) is 0.933. The first kappa shape index (κ1) is 21.9. The monoisotopic (exact) mass is 427 g/mol. The number of nitrogens with two attached hydrogens (primary N) is 1. The highest BCUT2D eigenvalue weighted by molar-refractivity contribution is 14.0. The van der Waals surface area contributed by atoms with Gasteiger partial charge in [0.05, 0.1) is 6.61 Å². The van der Waals surface area contributed by atoms with Crippen LogP contribution in [0.15, 0.2) is 4.99 Å². The minimum atomic E-state index is 0. The van der Waals surface area contributed by atoms with Gasteiger partial charge in [-0.1, -0.05) is 13.8 Å². The van der Waals surface area contributed by atoms with Crippen LogP contribution in [0.3, 0.4) is 0 Å². The van der Waals surface area contributed by atoms with E-state index in [0.717, 1.165) is 19.6 Å². The second-order valence-corrected chi connectivity index (χ2v) is 6.07. The van der Waals surface area contributed by atoms with E-state index in [1.807, 2.05) is 6.92 Å². The summed E-state index contributed by atoms with van der Waals surface area (Å²) >= 11 is 0. The van der Waals surface area contributed by atoms with Crippen molar-refractivity contribution >= 4 is 29.9 Å². The van der Waals surface area contributed by atoms with Crippen molar-refractivity contribution in [1.29, 1.82) is 0 Å². The van der Waals surface area contributed by atoms with E-state index in [9.17, 15) is 0 Å². The molecule has 0 aromatic rings. The van der Waals surface area contributed by atoms with Crippen molar-refractivity contribution in [3.63, 3.8) is 0 Å². The van der Waals surface area contributed by atoms with E-state index in [1.165, 1.54) is 26.2 Å². The Bertz CT molecular complexity index is 308. The molecular weight excluding hydrogens is 393 g/mol. The Labute approximate surface area is 152 Å². The van der Waals surface area contributed by atoms with Gasteiger partial charge in [-0.05, 0) is 19.4 Å². The zero-order valence-electron chi connectivity index (χ0n) is 14.5. The third kappa shape index (κ3) is 9.12. The molecule has 2 atom stereocenters. The van der Waals surface area contributed by atoms with Crippen molar-refractivity contribution in [3.05, 3.63) is 0 Å². The maximum Gasteiger partial charge on any atom is 0.188 e. The predicted octanol–water partition coefficient (Wildman–Crippen LogP) is 0.817. The summed E-state index contributed by atoms with van der Waals surface area (Å²) in [5.74, 6) is 1.04. The van der Waals surface area contributed by atoms with Gasteiger partial charge in [-0.2, -0.15) is 0 Å². The maximum absolute atomic E-state index is 5.89. The molecule has 0 aliphatic carbocycles. The van der Waals surface area contributed by atoms with Crippen LogP contribution in [0.5, 0.6) is 0 Å². The van der Waals surface area contributed by atoms with Crippen LogP contribution in [0.4, 0.5) is 0 Å². The quantitative estimate of drug-likeness (QED) is 0.341. The first-order chi connectivity index (χ1) is 10.0. The fourth-order valence-corrected chi connectivity index (χ4v) is 2.63. The lowest BCUT2D eigenvalue weighted by Gasteiger charge is -2.35. The molecule has 1 fully saturated rings. The molecular formula is C15H34IN5O. The molecule has 22 heavy (non-hydrogen) atoms. The number of guanidine groups is 1. The third-order valence-corrected chi connectivity index (χ3v) is 3.87. The van der Waals surface area contributed by atoms with Crippen LogP contribution in [-0.4, -0.2) is 81.3 Å². The Morgan fingerprint density at radius 3 is 2.36 bits per heavy atom. The SMILES string of the molecule is CCN1CCN(CC(C)CN=C(N)NC(C)COC)CC1.I. The van der Waals surface area contributed by atoms with Crippen molar-refractivity contribution in [3.8, 4) is 0 Å². The van der Waals surface area contributed by atoms with Gasteiger partial charge in [0, 0.05) is 52.4 Å². The minimum absolute atomic E-state index is 0. The van der Waals surface area contributed by atoms with Crippen LogP contribution in [0.25, 0.3) is 0 Å². The number of piperazine rings is 1. The summed E-state index contributed by atoms with van der Waals surface area (Å²) in [6, 6.07) is 0.191. The zero-order valence-corrected chi connectivity index (χ0v) is 16.9. The Kier molecular flexibility index (Phi) is 12.3. The van der Waals surface area contributed by atoms with Crippen LogP contribution >= 0.6 is 24.0 Å². The lowest BCUT2D eigenvalue weighted by atomic mass is 10.1. The van der Waals surface area contributed by atoms with Crippen molar-refractivity contribution in [2.45, 2.75) is 26.8 Å². The summed E-state index contributed by atoms with van der Waals surface area (Å²) in [6.07, 6.45) is 0. The Morgan fingerprint density at radius 2 is 1.82 bits per heavy atom. The van der Waals surface area contributed by atoms with Crippen molar-refractivity contribution in [1.82, 2.24) is 15.1 Å². The molecule has 0 spiro atoms. The van der Waals surface area contributed by atoms with E-state index in [0.29, 0.717) is 18.5 Å². The summed E-state index contributed by atoms with van der Waals surface area (Å²) < 4.78 is 5.06. The Hall–Kier alpha value is -0.120. The summed E-state index contributed by atoms with van der Waals surface area (Å²) in [7, 11) is 1.69. The summed E-state index contributed by atoms with van der Waals surface area (Å²) in [5, 5.41) is 3.14. The largest absolute Gasteiger partial charge is 0.383 e. The fourth-order valence-electron chi connectivity index (χ4n) is 2.63. The highest BCUT2D eigenvalue weighted by Gasteiger charge is 2.17. The molecule has 0 aromatic carbocycles. The number of hydrogen-bond acceptors (Lipinski definition) is 4. The van der Waals surface area contributed by atoms with Gasteiger partial charge in [0.1, 0.15) is 0 Å². The number of hydrogen-bond donors (Lipinski definition) is 2. The maximum atomic E-state index is 5.89. The molecule has 0 saturated carbocycles. The van der Waals surface area contributed by atoms with Gasteiger partial charge in [-0.3, -0.25) is 4.99 Å². The Morgan fingerprint density at radius 1 is 1.23 bits per heavy atom. The molecule has 1 heterocycles. The van der Waals surface area contributed by atoms with Crippen LogP contribution in [0.1, 0.15) is 20.8 Å². The van der Waals surface area contributed by atoms with Gasteiger partial charge in [-0.15, -0.1) is 24.0 Å². The van der Waals surface area contributed by atoms with E-state index >= 15 is 0 Å². The minimum Gasteiger partial charge on any atom is -0.383 e. The molecule has 3 N–H and O–H groups in total. The molecule has 1 aliphatic rings. The highest BCUT2D eigenvalue weighted by Crippen LogP contribution is 2.05. The molecule has 132 valence electrons.